The smallest absolute Gasteiger partial charge is 0.325 e. The van der Waals surface area contributed by atoms with Crippen molar-refractivity contribution in [3.63, 3.8) is 0 Å². The van der Waals surface area contributed by atoms with E-state index in [-0.39, 0.29) is 12.3 Å². The van der Waals surface area contributed by atoms with Crippen molar-refractivity contribution < 1.29 is 23.9 Å². The van der Waals surface area contributed by atoms with Crippen LogP contribution in [0.25, 0.3) is 10.9 Å². The molecular formula is C23H21N3O5. The first-order chi connectivity index (χ1) is 14.9. The average Bonchev–Trinajstić information content (AvgIpc) is 3.22. The molecule has 2 aliphatic heterocycles. The molecule has 8 heteroatoms. The number of hydrogen-bond acceptors (Lipinski definition) is 5. The van der Waals surface area contributed by atoms with Gasteiger partial charge in [-0.25, -0.2) is 4.79 Å². The third-order valence-electron chi connectivity index (χ3n) is 5.87. The van der Waals surface area contributed by atoms with E-state index in [0.717, 1.165) is 15.8 Å². The van der Waals surface area contributed by atoms with Crippen molar-refractivity contribution in [1.82, 2.24) is 15.2 Å². The van der Waals surface area contributed by atoms with Gasteiger partial charge in [0.2, 0.25) is 0 Å². The lowest BCUT2D eigenvalue weighted by molar-refractivity contribution is -0.130. The summed E-state index contributed by atoms with van der Waals surface area (Å²) >= 11 is 0. The van der Waals surface area contributed by atoms with Crippen LogP contribution in [0.3, 0.4) is 0 Å². The number of H-pyrrole nitrogens is 1. The fourth-order valence-corrected chi connectivity index (χ4v) is 4.25. The van der Waals surface area contributed by atoms with Crippen molar-refractivity contribution in [1.29, 1.82) is 0 Å². The molecule has 3 aromatic rings. The van der Waals surface area contributed by atoms with Crippen LogP contribution in [0.2, 0.25) is 0 Å². The topological polar surface area (TPSA) is 101 Å². The maximum Gasteiger partial charge on any atom is 0.325 e. The van der Waals surface area contributed by atoms with Crippen LogP contribution in [0, 0.1) is 6.92 Å². The molecule has 0 aliphatic carbocycles. The zero-order chi connectivity index (χ0) is 21.8. The number of ether oxygens (including phenoxy) is 2. The predicted molar refractivity (Wildman–Crippen MR) is 112 cm³/mol. The number of Topliss-reactive ketones (excluding diaryl/α,β-unsaturated/α-hetero) is 1. The molecule has 0 unspecified atom stereocenters. The highest BCUT2D eigenvalue weighted by Gasteiger charge is 2.50. The second-order valence-electron chi connectivity index (χ2n) is 7.90. The molecule has 158 valence electrons. The molecule has 0 saturated carbocycles. The third kappa shape index (κ3) is 2.94. The molecule has 2 N–H and O–H groups in total. The monoisotopic (exact) mass is 419 g/mol. The third-order valence-corrected chi connectivity index (χ3v) is 5.87. The van der Waals surface area contributed by atoms with Crippen molar-refractivity contribution in [3.05, 3.63) is 59.3 Å². The summed E-state index contributed by atoms with van der Waals surface area (Å²) in [5.41, 5.74) is 1.29. The molecule has 0 bridgehead atoms. The molecule has 3 heterocycles. The van der Waals surface area contributed by atoms with Crippen molar-refractivity contribution in [2.24, 2.45) is 0 Å². The number of urea groups is 1. The molecule has 1 atom stereocenters. The molecule has 2 aromatic carbocycles. The lowest BCUT2D eigenvalue weighted by Crippen LogP contribution is -2.41. The number of hydrogen-bond donors (Lipinski definition) is 2. The van der Waals surface area contributed by atoms with Gasteiger partial charge in [-0.2, -0.15) is 0 Å². The minimum atomic E-state index is -1.30. The Morgan fingerprint density at radius 2 is 1.84 bits per heavy atom. The largest absolute Gasteiger partial charge is 0.486 e. The molecule has 1 aromatic heterocycles. The number of carbonyl (C=O) groups excluding carboxylic acids is 3. The number of ketones is 1. The highest BCUT2D eigenvalue weighted by atomic mass is 16.6. The molecule has 5 rings (SSSR count). The Kier molecular flexibility index (Phi) is 4.25. The van der Waals surface area contributed by atoms with E-state index in [2.05, 4.69) is 10.3 Å². The van der Waals surface area contributed by atoms with Gasteiger partial charge in [0, 0.05) is 22.2 Å². The molecule has 2 aliphatic rings. The van der Waals surface area contributed by atoms with E-state index in [1.54, 1.807) is 32.0 Å². The Morgan fingerprint density at radius 3 is 2.65 bits per heavy atom. The van der Waals surface area contributed by atoms with Crippen molar-refractivity contribution in [2.75, 3.05) is 19.8 Å². The Labute approximate surface area is 178 Å². The molecule has 1 fully saturated rings. The van der Waals surface area contributed by atoms with E-state index in [0.29, 0.717) is 41.5 Å². The number of nitrogens with one attached hydrogen (secondary N) is 2. The second-order valence-corrected chi connectivity index (χ2v) is 7.90. The van der Waals surface area contributed by atoms with Crippen LogP contribution in [-0.2, 0) is 10.3 Å². The Balaban J connectivity index is 1.44. The second kappa shape index (κ2) is 6.87. The summed E-state index contributed by atoms with van der Waals surface area (Å²) in [6.07, 6.45) is 0. The van der Waals surface area contributed by atoms with Gasteiger partial charge in [0.1, 0.15) is 18.8 Å². The van der Waals surface area contributed by atoms with Gasteiger partial charge in [-0.3, -0.25) is 14.5 Å². The van der Waals surface area contributed by atoms with Gasteiger partial charge < -0.3 is 19.8 Å². The molecular weight excluding hydrogens is 398 g/mol. The van der Waals surface area contributed by atoms with Crippen molar-refractivity contribution >= 4 is 28.6 Å². The lowest BCUT2D eigenvalue weighted by atomic mass is 9.91. The summed E-state index contributed by atoms with van der Waals surface area (Å²) in [5.74, 6) is 0.332. The number of nitrogens with zero attached hydrogens (tertiary/aromatic N) is 1. The van der Waals surface area contributed by atoms with E-state index in [4.69, 9.17) is 9.47 Å². The number of fused-ring (bicyclic) bond motifs is 2. The number of carbonyl (C=O) groups is 3. The first-order valence-electron chi connectivity index (χ1n) is 10.0. The van der Waals surface area contributed by atoms with Crippen LogP contribution in [0.15, 0.2) is 42.5 Å². The normalized spacial score (nSPS) is 20.3. The molecule has 0 spiro atoms. The highest BCUT2D eigenvalue weighted by molar-refractivity contribution is 6.15. The Bertz CT molecular complexity index is 1250. The van der Waals surface area contributed by atoms with Gasteiger partial charge in [0.05, 0.1) is 6.54 Å². The summed E-state index contributed by atoms with van der Waals surface area (Å²) < 4.78 is 11.1. The van der Waals surface area contributed by atoms with Gasteiger partial charge >= 0.3 is 6.03 Å². The van der Waals surface area contributed by atoms with Crippen LogP contribution >= 0.6 is 0 Å². The van der Waals surface area contributed by atoms with Crippen molar-refractivity contribution in [3.8, 4) is 11.5 Å². The number of aromatic nitrogens is 1. The van der Waals surface area contributed by atoms with E-state index < -0.39 is 17.5 Å². The molecule has 31 heavy (non-hydrogen) atoms. The predicted octanol–water partition coefficient (Wildman–Crippen LogP) is 2.90. The zero-order valence-corrected chi connectivity index (χ0v) is 17.2. The number of imide groups is 1. The Hall–Kier alpha value is -3.81. The zero-order valence-electron chi connectivity index (χ0n) is 17.2. The fourth-order valence-electron chi connectivity index (χ4n) is 4.25. The summed E-state index contributed by atoms with van der Waals surface area (Å²) in [7, 11) is 0. The Morgan fingerprint density at radius 1 is 1.10 bits per heavy atom. The standard InChI is InChI=1S/C23H21N3O5/c1-13-20(15-5-3-4-6-16(15)24-13)17(27)12-26-21(28)23(2,25-22(26)29)14-7-8-18-19(11-14)31-10-9-30-18/h3-8,11,24H,9-10,12H2,1-2H3,(H,25,29)/t23-/m1/s1. The van der Waals surface area contributed by atoms with Crippen LogP contribution in [0.4, 0.5) is 4.79 Å². The van der Waals surface area contributed by atoms with Crippen molar-refractivity contribution in [2.45, 2.75) is 19.4 Å². The van der Waals surface area contributed by atoms with Gasteiger partial charge in [-0.15, -0.1) is 0 Å². The maximum atomic E-state index is 13.3. The summed E-state index contributed by atoms with van der Waals surface area (Å²) in [6, 6.07) is 12.0. The highest BCUT2D eigenvalue weighted by Crippen LogP contribution is 2.37. The fraction of sp³-hybridized carbons (Fsp3) is 0.261. The number of aryl methyl sites for hydroxylation is 1. The van der Waals surface area contributed by atoms with Crippen LogP contribution in [0.5, 0.6) is 11.5 Å². The maximum absolute atomic E-state index is 13.3. The van der Waals surface area contributed by atoms with E-state index in [1.807, 2.05) is 24.3 Å². The molecule has 3 amide bonds. The van der Waals surface area contributed by atoms with E-state index >= 15 is 0 Å². The first-order valence-corrected chi connectivity index (χ1v) is 10.0. The number of benzene rings is 2. The lowest BCUT2D eigenvalue weighted by Gasteiger charge is -2.25. The first kappa shape index (κ1) is 19.2. The van der Waals surface area contributed by atoms with Crippen LogP contribution in [0.1, 0.15) is 28.5 Å². The van der Waals surface area contributed by atoms with E-state index in [1.165, 1.54) is 0 Å². The summed E-state index contributed by atoms with van der Waals surface area (Å²) in [6.45, 7) is 3.96. The average molecular weight is 419 g/mol. The molecule has 1 saturated heterocycles. The minimum Gasteiger partial charge on any atom is -0.486 e. The molecule has 8 nitrogen and oxygen atoms in total. The number of amides is 3. The minimum absolute atomic E-state index is 0.301. The van der Waals surface area contributed by atoms with Gasteiger partial charge in [-0.05, 0) is 37.6 Å². The van der Waals surface area contributed by atoms with Gasteiger partial charge in [-0.1, -0.05) is 24.3 Å². The van der Waals surface area contributed by atoms with E-state index in [9.17, 15) is 14.4 Å². The van der Waals surface area contributed by atoms with Gasteiger partial charge in [0.15, 0.2) is 17.3 Å². The summed E-state index contributed by atoms with van der Waals surface area (Å²) in [5, 5.41) is 3.51. The van der Waals surface area contributed by atoms with Crippen LogP contribution in [-0.4, -0.2) is 47.4 Å². The number of rotatable bonds is 4. The number of para-hydroxylation sites is 1. The number of aromatic amines is 1. The quantitative estimate of drug-likeness (QED) is 0.500. The van der Waals surface area contributed by atoms with Crippen LogP contribution < -0.4 is 14.8 Å². The summed E-state index contributed by atoms with van der Waals surface area (Å²) in [4.78, 5) is 43.2. The SMILES string of the molecule is Cc1[nH]c2ccccc2c1C(=O)CN1C(=O)N[C@](C)(c2ccc3c(c2)OCCO3)C1=O. The molecule has 0 radical (unpaired) electrons. The van der Waals surface area contributed by atoms with Gasteiger partial charge in [0.25, 0.3) is 5.91 Å².